The van der Waals surface area contributed by atoms with Crippen molar-refractivity contribution in [3.05, 3.63) is 52.7 Å². The Morgan fingerprint density at radius 2 is 2.10 bits per heavy atom. The molecule has 0 unspecified atom stereocenters. The molecule has 1 aromatic carbocycles. The van der Waals surface area contributed by atoms with Gasteiger partial charge < -0.3 is 14.2 Å². The number of hydrogen-bond acceptors (Lipinski definition) is 4. The fourth-order valence-corrected chi connectivity index (χ4v) is 4.53. The molecule has 2 aliphatic rings. The predicted molar refractivity (Wildman–Crippen MR) is 114 cm³/mol. The number of hydrogen-bond donors (Lipinski definition) is 0. The molecule has 30 heavy (non-hydrogen) atoms. The van der Waals surface area contributed by atoms with Gasteiger partial charge in [0, 0.05) is 37.5 Å². The molecule has 1 atom stereocenters. The SMILES string of the molecule is O=C1CCCCCN1CC(=O)N1CCC[C@@H](c2ncc(Cc3cccc(Cl)c3)o2)C1. The Morgan fingerprint density at radius 3 is 2.97 bits per heavy atom. The van der Waals surface area contributed by atoms with Crippen LogP contribution in [0.15, 0.2) is 34.9 Å². The van der Waals surface area contributed by atoms with Crippen LogP contribution in [-0.4, -0.2) is 52.8 Å². The van der Waals surface area contributed by atoms with Gasteiger partial charge in [-0.15, -0.1) is 0 Å². The van der Waals surface area contributed by atoms with Crippen LogP contribution in [0.1, 0.15) is 61.7 Å². The summed E-state index contributed by atoms with van der Waals surface area (Å²) >= 11 is 6.06. The van der Waals surface area contributed by atoms with Crippen LogP contribution in [0.25, 0.3) is 0 Å². The second-order valence-corrected chi connectivity index (χ2v) is 8.71. The lowest BCUT2D eigenvalue weighted by Gasteiger charge is -2.33. The molecule has 3 heterocycles. The molecule has 2 fully saturated rings. The highest BCUT2D eigenvalue weighted by Crippen LogP contribution is 2.28. The number of aromatic nitrogens is 1. The average molecular weight is 430 g/mol. The minimum atomic E-state index is 0.0284. The number of benzene rings is 1. The van der Waals surface area contributed by atoms with Crippen LogP contribution in [0.4, 0.5) is 0 Å². The van der Waals surface area contributed by atoms with Crippen molar-refractivity contribution in [1.29, 1.82) is 0 Å². The number of nitrogens with zero attached hydrogens (tertiary/aromatic N) is 3. The van der Waals surface area contributed by atoms with E-state index in [4.69, 9.17) is 16.0 Å². The van der Waals surface area contributed by atoms with Gasteiger partial charge in [-0.2, -0.15) is 0 Å². The molecule has 0 spiro atoms. The molecular weight excluding hydrogens is 402 g/mol. The van der Waals surface area contributed by atoms with E-state index < -0.39 is 0 Å². The Bertz CT molecular complexity index is 897. The summed E-state index contributed by atoms with van der Waals surface area (Å²) in [6.07, 6.45) is 7.79. The van der Waals surface area contributed by atoms with E-state index in [9.17, 15) is 9.59 Å². The lowest BCUT2D eigenvalue weighted by atomic mass is 9.98. The third-order valence-corrected chi connectivity index (χ3v) is 6.19. The lowest BCUT2D eigenvalue weighted by Crippen LogP contribution is -2.46. The van der Waals surface area contributed by atoms with Crippen LogP contribution in [0.5, 0.6) is 0 Å². The number of rotatable bonds is 5. The third-order valence-electron chi connectivity index (χ3n) is 5.96. The molecule has 2 aliphatic heterocycles. The molecule has 0 N–H and O–H groups in total. The maximum absolute atomic E-state index is 12.8. The van der Waals surface area contributed by atoms with Gasteiger partial charge in [-0.05, 0) is 43.4 Å². The van der Waals surface area contributed by atoms with Crippen molar-refractivity contribution in [3.8, 4) is 0 Å². The van der Waals surface area contributed by atoms with Crippen molar-refractivity contribution < 1.29 is 14.0 Å². The highest BCUT2D eigenvalue weighted by molar-refractivity contribution is 6.30. The number of piperidine rings is 1. The molecule has 7 heteroatoms. The molecule has 160 valence electrons. The number of likely N-dealkylation sites (tertiary alicyclic amines) is 2. The maximum Gasteiger partial charge on any atom is 0.242 e. The zero-order valence-corrected chi connectivity index (χ0v) is 17.9. The summed E-state index contributed by atoms with van der Waals surface area (Å²) in [6, 6.07) is 7.71. The average Bonchev–Trinajstić information content (AvgIpc) is 3.11. The Balaban J connectivity index is 1.36. The van der Waals surface area contributed by atoms with E-state index in [1.54, 1.807) is 11.1 Å². The van der Waals surface area contributed by atoms with E-state index in [1.807, 2.05) is 29.2 Å². The van der Waals surface area contributed by atoms with Crippen LogP contribution in [0, 0.1) is 0 Å². The van der Waals surface area contributed by atoms with Crippen molar-refractivity contribution in [2.24, 2.45) is 0 Å². The van der Waals surface area contributed by atoms with Crippen LogP contribution >= 0.6 is 11.6 Å². The summed E-state index contributed by atoms with van der Waals surface area (Å²) in [7, 11) is 0. The van der Waals surface area contributed by atoms with Crippen molar-refractivity contribution in [1.82, 2.24) is 14.8 Å². The zero-order valence-electron chi connectivity index (χ0n) is 17.2. The predicted octanol–water partition coefficient (Wildman–Crippen LogP) is 4.03. The minimum absolute atomic E-state index is 0.0284. The number of carbonyl (C=O) groups excluding carboxylic acids is 2. The molecule has 0 aliphatic carbocycles. The highest BCUT2D eigenvalue weighted by atomic mass is 35.5. The fourth-order valence-electron chi connectivity index (χ4n) is 4.32. The zero-order chi connectivity index (χ0) is 20.9. The van der Waals surface area contributed by atoms with E-state index >= 15 is 0 Å². The Morgan fingerprint density at radius 1 is 1.20 bits per heavy atom. The van der Waals surface area contributed by atoms with E-state index in [2.05, 4.69) is 4.98 Å². The highest BCUT2D eigenvalue weighted by Gasteiger charge is 2.29. The first kappa shape index (κ1) is 20.9. The van der Waals surface area contributed by atoms with E-state index in [0.717, 1.165) is 50.0 Å². The van der Waals surface area contributed by atoms with E-state index in [0.29, 0.717) is 36.8 Å². The van der Waals surface area contributed by atoms with Gasteiger partial charge in [0.15, 0.2) is 5.89 Å². The van der Waals surface area contributed by atoms with Crippen molar-refractivity contribution in [2.45, 2.75) is 50.9 Å². The summed E-state index contributed by atoms with van der Waals surface area (Å²) in [6.45, 7) is 2.21. The first-order chi connectivity index (χ1) is 14.6. The third kappa shape index (κ3) is 5.22. The minimum Gasteiger partial charge on any atom is -0.445 e. The van der Waals surface area contributed by atoms with Crippen molar-refractivity contribution in [3.63, 3.8) is 0 Å². The quantitative estimate of drug-likeness (QED) is 0.719. The monoisotopic (exact) mass is 429 g/mol. The number of amides is 2. The Hall–Kier alpha value is -2.34. The molecule has 6 nitrogen and oxygen atoms in total. The largest absolute Gasteiger partial charge is 0.445 e. The standard InChI is InChI=1S/C23H28ClN3O3/c24-19-8-4-6-17(12-19)13-20-14-25-23(30-20)18-7-5-11-26(15-18)22(29)16-27-10-3-1-2-9-21(27)28/h4,6,8,12,14,18H,1-3,5,7,9-11,13,15-16H2/t18-/m1/s1. The molecular formula is C23H28ClN3O3. The topological polar surface area (TPSA) is 66.7 Å². The van der Waals surface area contributed by atoms with Crippen LogP contribution in [0.2, 0.25) is 5.02 Å². The van der Waals surface area contributed by atoms with Crippen LogP contribution in [0.3, 0.4) is 0 Å². The molecule has 1 aromatic heterocycles. The molecule has 4 rings (SSSR count). The smallest absolute Gasteiger partial charge is 0.242 e. The first-order valence-corrected chi connectivity index (χ1v) is 11.2. The van der Waals surface area contributed by atoms with Gasteiger partial charge in [0.2, 0.25) is 11.8 Å². The van der Waals surface area contributed by atoms with Crippen LogP contribution in [-0.2, 0) is 16.0 Å². The van der Waals surface area contributed by atoms with Gasteiger partial charge in [0.05, 0.1) is 18.7 Å². The van der Waals surface area contributed by atoms with E-state index in [1.165, 1.54) is 0 Å². The number of halogens is 1. The molecule has 0 saturated carbocycles. The Labute approximate surface area is 182 Å². The van der Waals surface area contributed by atoms with Crippen LogP contribution < -0.4 is 0 Å². The summed E-state index contributed by atoms with van der Waals surface area (Å²) in [5, 5.41) is 0.705. The summed E-state index contributed by atoms with van der Waals surface area (Å²) in [5.41, 5.74) is 1.08. The lowest BCUT2D eigenvalue weighted by molar-refractivity contribution is -0.141. The second kappa shape index (κ2) is 9.65. The van der Waals surface area contributed by atoms with Gasteiger partial charge in [-0.3, -0.25) is 9.59 Å². The molecule has 2 saturated heterocycles. The van der Waals surface area contributed by atoms with Crippen molar-refractivity contribution >= 4 is 23.4 Å². The maximum atomic E-state index is 12.8. The fraction of sp³-hybridized carbons (Fsp3) is 0.522. The first-order valence-electron chi connectivity index (χ1n) is 10.8. The summed E-state index contributed by atoms with van der Waals surface area (Å²) in [5.74, 6) is 1.71. The summed E-state index contributed by atoms with van der Waals surface area (Å²) in [4.78, 5) is 33.1. The van der Waals surface area contributed by atoms with E-state index in [-0.39, 0.29) is 24.3 Å². The van der Waals surface area contributed by atoms with Gasteiger partial charge in [0.1, 0.15) is 5.76 Å². The molecule has 0 radical (unpaired) electrons. The van der Waals surface area contributed by atoms with Gasteiger partial charge in [0.25, 0.3) is 0 Å². The molecule has 2 aromatic rings. The van der Waals surface area contributed by atoms with Crippen molar-refractivity contribution in [2.75, 3.05) is 26.2 Å². The number of carbonyl (C=O) groups is 2. The van der Waals surface area contributed by atoms with Gasteiger partial charge >= 0.3 is 0 Å². The summed E-state index contributed by atoms with van der Waals surface area (Å²) < 4.78 is 6.02. The second-order valence-electron chi connectivity index (χ2n) is 8.28. The van der Waals surface area contributed by atoms with Gasteiger partial charge in [-0.25, -0.2) is 4.98 Å². The molecule has 0 bridgehead atoms. The van der Waals surface area contributed by atoms with Gasteiger partial charge in [-0.1, -0.05) is 30.2 Å². The molecule has 2 amide bonds. The Kier molecular flexibility index (Phi) is 6.72. The number of oxazole rings is 1. The normalized spacial score (nSPS) is 20.3.